The summed E-state index contributed by atoms with van der Waals surface area (Å²) in [5, 5.41) is 3.22. The van der Waals surface area contributed by atoms with Crippen LogP contribution in [0, 0.1) is 6.92 Å². The van der Waals surface area contributed by atoms with E-state index in [2.05, 4.69) is 12.2 Å². The number of hydrogen-bond donors (Lipinski definition) is 1. The standard InChI is InChI=1S/C6H12NO/c1-2-6-5-7-3-4-8-6/h6-7H,1-5H2. The van der Waals surface area contributed by atoms with Crippen LogP contribution in [0.3, 0.4) is 0 Å². The van der Waals surface area contributed by atoms with Gasteiger partial charge in [-0.25, -0.2) is 0 Å². The Morgan fingerprint density at radius 3 is 3.00 bits per heavy atom. The zero-order chi connectivity index (χ0) is 5.82. The molecule has 0 amide bonds. The Hall–Kier alpha value is -0.0800. The Bertz CT molecular complexity index is 59.5. The maximum Gasteiger partial charge on any atom is 0.0700 e. The maximum atomic E-state index is 5.30. The molecule has 0 saturated carbocycles. The molecule has 1 aliphatic rings. The van der Waals surface area contributed by atoms with Gasteiger partial charge in [0.1, 0.15) is 0 Å². The summed E-state index contributed by atoms with van der Waals surface area (Å²) in [4.78, 5) is 0. The number of nitrogens with one attached hydrogen (secondary N) is 1. The van der Waals surface area contributed by atoms with E-state index in [1.165, 1.54) is 0 Å². The van der Waals surface area contributed by atoms with E-state index in [0.717, 1.165) is 26.1 Å². The second kappa shape index (κ2) is 3.05. The molecule has 0 aromatic carbocycles. The minimum absolute atomic E-state index is 0.365. The molecule has 1 heterocycles. The van der Waals surface area contributed by atoms with Crippen LogP contribution >= 0.6 is 0 Å². The summed E-state index contributed by atoms with van der Waals surface area (Å²) in [6.07, 6.45) is 1.25. The van der Waals surface area contributed by atoms with Crippen molar-refractivity contribution in [2.75, 3.05) is 19.7 Å². The van der Waals surface area contributed by atoms with E-state index >= 15 is 0 Å². The Morgan fingerprint density at radius 2 is 2.62 bits per heavy atom. The zero-order valence-electron chi connectivity index (χ0n) is 5.02. The van der Waals surface area contributed by atoms with Gasteiger partial charge in [-0.1, -0.05) is 6.92 Å². The quantitative estimate of drug-likeness (QED) is 0.525. The smallest absolute Gasteiger partial charge is 0.0700 e. The van der Waals surface area contributed by atoms with E-state index in [1.807, 2.05) is 0 Å². The second-order valence-electron chi connectivity index (χ2n) is 1.99. The molecule has 0 aliphatic carbocycles. The summed E-state index contributed by atoms with van der Waals surface area (Å²) >= 11 is 0. The Labute approximate surface area is 50.2 Å². The van der Waals surface area contributed by atoms with Crippen LogP contribution in [0.1, 0.15) is 6.42 Å². The molecular formula is C6H12NO. The van der Waals surface area contributed by atoms with Gasteiger partial charge >= 0.3 is 0 Å². The van der Waals surface area contributed by atoms with E-state index in [0.29, 0.717) is 6.10 Å². The van der Waals surface area contributed by atoms with Crippen LogP contribution in [-0.4, -0.2) is 25.8 Å². The van der Waals surface area contributed by atoms with Crippen molar-refractivity contribution in [1.82, 2.24) is 5.32 Å². The van der Waals surface area contributed by atoms with Crippen molar-refractivity contribution in [2.24, 2.45) is 0 Å². The van der Waals surface area contributed by atoms with Gasteiger partial charge in [-0.15, -0.1) is 0 Å². The lowest BCUT2D eigenvalue weighted by molar-refractivity contribution is 0.0305. The highest BCUT2D eigenvalue weighted by molar-refractivity contribution is 4.66. The molecule has 0 bridgehead atoms. The Kier molecular flexibility index (Phi) is 2.30. The summed E-state index contributed by atoms with van der Waals surface area (Å²) < 4.78 is 5.30. The predicted octanol–water partition coefficient (Wildman–Crippen LogP) is 0.199. The highest BCUT2D eigenvalue weighted by Crippen LogP contribution is 1.98. The van der Waals surface area contributed by atoms with E-state index in [1.54, 1.807) is 0 Å². The highest BCUT2D eigenvalue weighted by atomic mass is 16.5. The van der Waals surface area contributed by atoms with Gasteiger partial charge in [0.15, 0.2) is 0 Å². The van der Waals surface area contributed by atoms with Gasteiger partial charge in [-0.3, -0.25) is 0 Å². The van der Waals surface area contributed by atoms with Gasteiger partial charge in [-0.2, -0.15) is 0 Å². The van der Waals surface area contributed by atoms with E-state index in [-0.39, 0.29) is 0 Å². The maximum absolute atomic E-state index is 5.30. The van der Waals surface area contributed by atoms with Gasteiger partial charge in [0.2, 0.25) is 0 Å². The number of morpholine rings is 1. The minimum atomic E-state index is 0.365. The molecule has 1 aliphatic heterocycles. The topological polar surface area (TPSA) is 21.3 Å². The molecule has 1 unspecified atom stereocenters. The zero-order valence-corrected chi connectivity index (χ0v) is 5.02. The third-order valence-corrected chi connectivity index (χ3v) is 1.33. The molecule has 47 valence electrons. The van der Waals surface area contributed by atoms with Crippen LogP contribution < -0.4 is 5.32 Å². The molecule has 1 atom stereocenters. The normalized spacial score (nSPS) is 30.4. The predicted molar refractivity (Wildman–Crippen MR) is 32.6 cm³/mol. The second-order valence-corrected chi connectivity index (χ2v) is 1.99. The lowest BCUT2D eigenvalue weighted by Gasteiger charge is -2.21. The summed E-state index contributed by atoms with van der Waals surface area (Å²) in [5.41, 5.74) is 0. The molecule has 1 radical (unpaired) electrons. The number of ether oxygens (including phenoxy) is 1. The van der Waals surface area contributed by atoms with Crippen LogP contribution in [0.4, 0.5) is 0 Å². The van der Waals surface area contributed by atoms with Crippen molar-refractivity contribution < 1.29 is 4.74 Å². The fourth-order valence-corrected chi connectivity index (χ4v) is 0.805. The average Bonchev–Trinajstić information content (AvgIpc) is 1.90. The van der Waals surface area contributed by atoms with Gasteiger partial charge in [-0.05, 0) is 6.42 Å². The molecule has 0 spiro atoms. The molecular weight excluding hydrogens is 102 g/mol. The first kappa shape index (κ1) is 6.05. The Morgan fingerprint density at radius 1 is 1.75 bits per heavy atom. The van der Waals surface area contributed by atoms with Crippen molar-refractivity contribution >= 4 is 0 Å². The molecule has 0 aromatic rings. The first-order valence-electron chi connectivity index (χ1n) is 3.05. The monoisotopic (exact) mass is 114 g/mol. The van der Waals surface area contributed by atoms with Crippen LogP contribution in [0.2, 0.25) is 0 Å². The fourth-order valence-electron chi connectivity index (χ4n) is 0.805. The number of hydrogen-bond acceptors (Lipinski definition) is 2. The first-order chi connectivity index (χ1) is 3.93. The minimum Gasteiger partial charge on any atom is -0.376 e. The fraction of sp³-hybridized carbons (Fsp3) is 0.833. The van der Waals surface area contributed by atoms with Crippen LogP contribution in [0.25, 0.3) is 0 Å². The van der Waals surface area contributed by atoms with Gasteiger partial charge in [0, 0.05) is 13.1 Å². The molecule has 2 nitrogen and oxygen atoms in total. The van der Waals surface area contributed by atoms with Crippen LogP contribution in [0.5, 0.6) is 0 Å². The van der Waals surface area contributed by atoms with Crippen LogP contribution in [-0.2, 0) is 4.74 Å². The average molecular weight is 114 g/mol. The van der Waals surface area contributed by atoms with E-state index in [4.69, 9.17) is 4.74 Å². The molecule has 1 rings (SSSR count). The molecule has 8 heavy (non-hydrogen) atoms. The highest BCUT2D eigenvalue weighted by Gasteiger charge is 2.08. The van der Waals surface area contributed by atoms with E-state index < -0.39 is 0 Å². The number of rotatable bonds is 1. The molecule has 1 N–H and O–H groups in total. The third-order valence-electron chi connectivity index (χ3n) is 1.33. The summed E-state index contributed by atoms with van der Waals surface area (Å²) in [5.74, 6) is 0. The van der Waals surface area contributed by atoms with E-state index in [9.17, 15) is 0 Å². The first-order valence-corrected chi connectivity index (χ1v) is 3.05. The lowest BCUT2D eigenvalue weighted by atomic mass is 10.2. The van der Waals surface area contributed by atoms with Gasteiger partial charge in [0.25, 0.3) is 0 Å². The summed E-state index contributed by atoms with van der Waals surface area (Å²) in [6, 6.07) is 0. The largest absolute Gasteiger partial charge is 0.376 e. The molecule has 0 aromatic heterocycles. The van der Waals surface area contributed by atoms with Crippen molar-refractivity contribution in [1.29, 1.82) is 0 Å². The lowest BCUT2D eigenvalue weighted by Crippen LogP contribution is -2.37. The van der Waals surface area contributed by atoms with Crippen molar-refractivity contribution in [2.45, 2.75) is 12.5 Å². The van der Waals surface area contributed by atoms with Crippen molar-refractivity contribution in [3.8, 4) is 0 Å². The molecule has 1 saturated heterocycles. The van der Waals surface area contributed by atoms with Crippen molar-refractivity contribution in [3.63, 3.8) is 0 Å². The molecule has 1 fully saturated rings. The van der Waals surface area contributed by atoms with Crippen molar-refractivity contribution in [3.05, 3.63) is 6.92 Å². The SMILES string of the molecule is [CH2]CC1CNCCO1. The molecule has 2 heteroatoms. The van der Waals surface area contributed by atoms with Gasteiger partial charge in [0.05, 0.1) is 12.7 Å². The van der Waals surface area contributed by atoms with Gasteiger partial charge < -0.3 is 10.1 Å². The summed E-state index contributed by atoms with van der Waals surface area (Å²) in [6.45, 7) is 6.56. The Balaban J connectivity index is 2.13. The van der Waals surface area contributed by atoms with Crippen LogP contribution in [0.15, 0.2) is 0 Å². The third kappa shape index (κ3) is 1.46. The summed E-state index contributed by atoms with van der Waals surface area (Å²) in [7, 11) is 0.